The quantitative estimate of drug-likeness (QED) is 0.518. The Morgan fingerprint density at radius 1 is 1.33 bits per heavy atom. The summed E-state index contributed by atoms with van der Waals surface area (Å²) in [6.45, 7) is 2.73. The molecule has 136 valence electrons. The third kappa shape index (κ3) is 3.29. The smallest absolute Gasteiger partial charge is 0.337 e. The Bertz CT molecular complexity index is 1070. The van der Waals surface area contributed by atoms with Crippen molar-refractivity contribution in [3.05, 3.63) is 64.6 Å². The highest BCUT2D eigenvalue weighted by atomic mass is 16.5. The van der Waals surface area contributed by atoms with E-state index >= 15 is 0 Å². The number of rotatable bonds is 2. The highest BCUT2D eigenvalue weighted by Gasteiger charge is 2.21. The number of fused-ring (bicyclic) bond motifs is 1. The van der Waals surface area contributed by atoms with Crippen molar-refractivity contribution >= 4 is 11.6 Å². The molecular weight excluding hydrogens is 342 g/mol. The van der Waals surface area contributed by atoms with Crippen molar-refractivity contribution < 1.29 is 14.3 Å². The average Bonchev–Trinajstić information content (AvgIpc) is 3.36. The minimum absolute atomic E-state index is 0.0673. The van der Waals surface area contributed by atoms with Crippen LogP contribution in [-0.2, 0) is 9.47 Å². The van der Waals surface area contributed by atoms with Crippen LogP contribution in [0.4, 0.5) is 0 Å². The first kappa shape index (κ1) is 17.3. The second-order valence-corrected chi connectivity index (χ2v) is 6.44. The van der Waals surface area contributed by atoms with Gasteiger partial charge in [-0.2, -0.15) is 5.10 Å². The van der Waals surface area contributed by atoms with E-state index in [0.29, 0.717) is 11.3 Å². The molecule has 0 saturated carbocycles. The van der Waals surface area contributed by atoms with Crippen LogP contribution >= 0.6 is 0 Å². The topological polar surface area (TPSA) is 65.7 Å². The Kier molecular flexibility index (Phi) is 4.61. The van der Waals surface area contributed by atoms with Gasteiger partial charge in [-0.25, -0.2) is 14.3 Å². The Morgan fingerprint density at radius 3 is 3.00 bits per heavy atom. The molecular formula is C21H19N3O3. The van der Waals surface area contributed by atoms with Gasteiger partial charge in [-0.05, 0) is 49.4 Å². The van der Waals surface area contributed by atoms with E-state index in [-0.39, 0.29) is 12.1 Å². The Balaban J connectivity index is 1.72. The first-order chi connectivity index (χ1) is 13.2. The first-order valence-electron chi connectivity index (χ1n) is 8.82. The standard InChI is InChI=1S/C21H19N3O3/c1-14-5-6-16(21(25)26-2)12-15(14)7-8-17-13-22-20-18(9-10-23-24(17)20)19-4-3-11-27-19/h5-6,9-10,12-13,19H,3-4,11H2,1-2H3. The predicted octanol–water partition coefficient (Wildman–Crippen LogP) is 3.08. The van der Waals surface area contributed by atoms with Crippen molar-refractivity contribution in [3.63, 3.8) is 0 Å². The summed E-state index contributed by atoms with van der Waals surface area (Å²) in [6, 6.07) is 7.29. The third-order valence-electron chi connectivity index (χ3n) is 4.69. The molecule has 27 heavy (non-hydrogen) atoms. The Morgan fingerprint density at radius 2 is 2.22 bits per heavy atom. The number of carbonyl (C=O) groups excluding carboxylic acids is 1. The van der Waals surface area contributed by atoms with Crippen molar-refractivity contribution in [3.8, 4) is 11.8 Å². The summed E-state index contributed by atoms with van der Waals surface area (Å²) in [5.74, 6) is 5.87. The number of benzene rings is 1. The molecule has 3 heterocycles. The van der Waals surface area contributed by atoms with Crippen molar-refractivity contribution in [1.82, 2.24) is 14.6 Å². The lowest BCUT2D eigenvalue weighted by Gasteiger charge is -2.10. The van der Waals surface area contributed by atoms with E-state index in [4.69, 9.17) is 9.47 Å². The van der Waals surface area contributed by atoms with Crippen LogP contribution in [0.5, 0.6) is 0 Å². The SMILES string of the molecule is COC(=O)c1ccc(C)c(C#Cc2cnc3c(C4CCCO4)ccnn23)c1. The summed E-state index contributed by atoms with van der Waals surface area (Å²) in [5, 5.41) is 4.39. The normalized spacial score (nSPS) is 16.1. The van der Waals surface area contributed by atoms with Crippen molar-refractivity contribution in [1.29, 1.82) is 0 Å². The van der Waals surface area contributed by atoms with E-state index in [1.165, 1.54) is 7.11 Å². The molecule has 0 N–H and O–H groups in total. The summed E-state index contributed by atoms with van der Waals surface area (Å²) < 4.78 is 12.3. The van der Waals surface area contributed by atoms with Gasteiger partial charge < -0.3 is 9.47 Å². The summed E-state index contributed by atoms with van der Waals surface area (Å²) in [7, 11) is 1.36. The number of hydrogen-bond acceptors (Lipinski definition) is 5. The third-order valence-corrected chi connectivity index (χ3v) is 4.69. The molecule has 1 saturated heterocycles. The number of methoxy groups -OCH3 is 1. The molecule has 1 aliphatic heterocycles. The minimum Gasteiger partial charge on any atom is -0.465 e. The maximum Gasteiger partial charge on any atom is 0.337 e. The van der Waals surface area contributed by atoms with Crippen LogP contribution in [0.25, 0.3) is 5.65 Å². The number of aromatic nitrogens is 3. The van der Waals surface area contributed by atoms with E-state index < -0.39 is 0 Å². The molecule has 6 heteroatoms. The number of carbonyl (C=O) groups is 1. The van der Waals surface area contributed by atoms with Gasteiger partial charge in [0.15, 0.2) is 5.65 Å². The van der Waals surface area contributed by atoms with Crippen LogP contribution in [0.15, 0.2) is 36.7 Å². The Labute approximate surface area is 157 Å². The van der Waals surface area contributed by atoms with Crippen LogP contribution in [0, 0.1) is 18.8 Å². The lowest BCUT2D eigenvalue weighted by molar-refractivity contribution is 0.0600. The van der Waals surface area contributed by atoms with Crippen molar-refractivity contribution in [2.24, 2.45) is 0 Å². The van der Waals surface area contributed by atoms with Crippen LogP contribution in [0.3, 0.4) is 0 Å². The van der Waals surface area contributed by atoms with E-state index in [9.17, 15) is 4.79 Å². The molecule has 1 fully saturated rings. The monoisotopic (exact) mass is 361 g/mol. The summed E-state index contributed by atoms with van der Waals surface area (Å²) in [4.78, 5) is 16.2. The number of hydrogen-bond donors (Lipinski definition) is 0. The fraction of sp³-hybridized carbons (Fsp3) is 0.286. The summed E-state index contributed by atoms with van der Waals surface area (Å²) >= 11 is 0. The maximum atomic E-state index is 11.7. The molecule has 1 aromatic carbocycles. The van der Waals surface area contributed by atoms with E-state index in [2.05, 4.69) is 21.9 Å². The van der Waals surface area contributed by atoms with E-state index in [1.807, 2.05) is 19.1 Å². The molecule has 0 spiro atoms. The first-order valence-corrected chi connectivity index (χ1v) is 8.82. The molecule has 1 unspecified atom stereocenters. The van der Waals surface area contributed by atoms with Crippen molar-refractivity contribution in [2.75, 3.05) is 13.7 Å². The molecule has 0 aliphatic carbocycles. The predicted molar refractivity (Wildman–Crippen MR) is 99.4 cm³/mol. The zero-order valence-corrected chi connectivity index (χ0v) is 15.2. The lowest BCUT2D eigenvalue weighted by atomic mass is 10.1. The van der Waals surface area contributed by atoms with Gasteiger partial charge in [-0.15, -0.1) is 0 Å². The van der Waals surface area contributed by atoms with E-state index in [0.717, 1.165) is 41.8 Å². The fourth-order valence-corrected chi connectivity index (χ4v) is 3.21. The maximum absolute atomic E-state index is 11.7. The van der Waals surface area contributed by atoms with Gasteiger partial charge in [0.05, 0.1) is 25.0 Å². The zero-order valence-electron chi connectivity index (χ0n) is 15.2. The minimum atomic E-state index is -0.379. The van der Waals surface area contributed by atoms with Crippen LogP contribution in [-0.4, -0.2) is 34.3 Å². The molecule has 6 nitrogen and oxygen atoms in total. The van der Waals surface area contributed by atoms with Crippen LogP contribution in [0.2, 0.25) is 0 Å². The second kappa shape index (κ2) is 7.22. The molecule has 1 atom stereocenters. The highest BCUT2D eigenvalue weighted by molar-refractivity contribution is 5.89. The van der Waals surface area contributed by atoms with Gasteiger partial charge in [-0.3, -0.25) is 0 Å². The highest BCUT2D eigenvalue weighted by Crippen LogP contribution is 2.30. The second-order valence-electron chi connectivity index (χ2n) is 6.44. The van der Waals surface area contributed by atoms with Gasteiger partial charge in [0.2, 0.25) is 0 Å². The average molecular weight is 361 g/mol. The van der Waals surface area contributed by atoms with Gasteiger partial charge in [-0.1, -0.05) is 12.0 Å². The molecule has 4 rings (SSSR count). The molecule has 3 aromatic rings. The molecule has 0 bridgehead atoms. The van der Waals surface area contributed by atoms with Gasteiger partial charge in [0, 0.05) is 23.9 Å². The molecule has 0 amide bonds. The number of ether oxygens (including phenoxy) is 2. The van der Waals surface area contributed by atoms with Gasteiger partial charge in [0.25, 0.3) is 0 Å². The number of imidazole rings is 1. The number of esters is 1. The largest absolute Gasteiger partial charge is 0.465 e. The molecule has 2 aromatic heterocycles. The summed E-state index contributed by atoms with van der Waals surface area (Å²) in [6.07, 6.45) is 5.58. The number of nitrogens with zero attached hydrogens (tertiary/aromatic N) is 3. The fourth-order valence-electron chi connectivity index (χ4n) is 3.21. The molecule has 0 radical (unpaired) electrons. The van der Waals surface area contributed by atoms with Crippen molar-refractivity contribution in [2.45, 2.75) is 25.9 Å². The van der Waals surface area contributed by atoms with Gasteiger partial charge in [0.1, 0.15) is 5.69 Å². The Hall–Kier alpha value is -3.17. The number of aryl methyl sites for hydroxylation is 1. The van der Waals surface area contributed by atoms with Crippen LogP contribution in [0.1, 0.15) is 51.7 Å². The summed E-state index contributed by atoms with van der Waals surface area (Å²) in [5.41, 5.74) is 4.73. The van der Waals surface area contributed by atoms with Crippen LogP contribution < -0.4 is 0 Å². The van der Waals surface area contributed by atoms with E-state index in [1.54, 1.807) is 29.0 Å². The molecule has 1 aliphatic rings. The lowest BCUT2D eigenvalue weighted by Crippen LogP contribution is -2.03. The van der Waals surface area contributed by atoms with Gasteiger partial charge >= 0.3 is 5.97 Å². The zero-order chi connectivity index (χ0) is 18.8.